The Balaban J connectivity index is 2.20. The topological polar surface area (TPSA) is 40.5 Å². The Kier molecular flexibility index (Phi) is 4.76. The Hall–Kier alpha value is -1.42. The number of hydrogen-bond acceptors (Lipinski definition) is 2. The summed E-state index contributed by atoms with van der Waals surface area (Å²) in [5, 5.41) is 9.55. The summed E-state index contributed by atoms with van der Waals surface area (Å²) in [6.07, 6.45) is 2.98. The van der Waals surface area contributed by atoms with E-state index in [1.165, 1.54) is 6.07 Å². The lowest BCUT2D eigenvalue weighted by molar-refractivity contribution is 0.0510. The molecule has 0 bridgehead atoms. The van der Waals surface area contributed by atoms with Crippen molar-refractivity contribution < 1.29 is 14.3 Å². The molecule has 3 nitrogen and oxygen atoms in total. The van der Waals surface area contributed by atoms with Crippen LogP contribution in [-0.2, 0) is 0 Å². The van der Waals surface area contributed by atoms with Gasteiger partial charge >= 0.3 is 0 Å². The second kappa shape index (κ2) is 6.35. The summed E-state index contributed by atoms with van der Waals surface area (Å²) in [6, 6.07) is 4.71. The molecule has 1 saturated heterocycles. The fraction of sp³-hybridized carbons (Fsp3) is 0.562. The zero-order valence-electron chi connectivity index (χ0n) is 12.1. The van der Waals surface area contributed by atoms with Gasteiger partial charge in [-0.15, -0.1) is 0 Å². The van der Waals surface area contributed by atoms with Crippen LogP contribution < -0.4 is 0 Å². The van der Waals surface area contributed by atoms with Crippen LogP contribution >= 0.6 is 0 Å². The van der Waals surface area contributed by atoms with Crippen molar-refractivity contribution in [3.63, 3.8) is 0 Å². The fourth-order valence-corrected chi connectivity index (χ4v) is 2.86. The van der Waals surface area contributed by atoms with Gasteiger partial charge in [-0.05, 0) is 57.2 Å². The third-order valence-electron chi connectivity index (χ3n) is 3.86. The van der Waals surface area contributed by atoms with Crippen molar-refractivity contribution in [3.8, 4) is 0 Å². The number of halogens is 1. The van der Waals surface area contributed by atoms with Crippen molar-refractivity contribution >= 4 is 5.91 Å². The van der Waals surface area contributed by atoms with E-state index in [1.807, 2.05) is 0 Å². The average Bonchev–Trinajstić information content (AvgIpc) is 2.38. The highest BCUT2D eigenvalue weighted by Gasteiger charge is 2.29. The molecule has 2 atom stereocenters. The molecule has 1 N–H and O–H groups in total. The molecule has 2 unspecified atom stereocenters. The molecule has 1 amide bonds. The molecule has 0 radical (unpaired) electrons. The Bertz CT molecular complexity index is 487. The van der Waals surface area contributed by atoms with Gasteiger partial charge in [0.1, 0.15) is 5.82 Å². The standard InChI is InChI=1S/C16H22FNO2/c1-11-6-7-14(15(17)9-11)16(20)18-8-4-3-5-13(18)10-12(2)19/h6-7,9,12-13,19H,3-5,8,10H2,1-2H3. The van der Waals surface area contributed by atoms with Crippen molar-refractivity contribution in [2.24, 2.45) is 0 Å². The summed E-state index contributed by atoms with van der Waals surface area (Å²) in [4.78, 5) is 14.3. The SMILES string of the molecule is Cc1ccc(C(=O)N2CCCCC2CC(C)O)c(F)c1. The minimum atomic E-state index is -0.462. The first-order chi connectivity index (χ1) is 9.49. The second-order valence-corrected chi connectivity index (χ2v) is 5.72. The third kappa shape index (κ3) is 3.37. The first kappa shape index (κ1) is 15.0. The molecule has 0 spiro atoms. The number of amides is 1. The van der Waals surface area contributed by atoms with Gasteiger partial charge in [0.15, 0.2) is 0 Å². The number of hydrogen-bond donors (Lipinski definition) is 1. The van der Waals surface area contributed by atoms with Crippen molar-refractivity contribution in [1.82, 2.24) is 4.90 Å². The highest BCUT2D eigenvalue weighted by Crippen LogP contribution is 2.24. The minimum Gasteiger partial charge on any atom is -0.393 e. The molecule has 0 aliphatic carbocycles. The maximum Gasteiger partial charge on any atom is 0.257 e. The zero-order valence-corrected chi connectivity index (χ0v) is 12.1. The maximum atomic E-state index is 13.9. The first-order valence-electron chi connectivity index (χ1n) is 7.24. The molecule has 110 valence electrons. The van der Waals surface area contributed by atoms with Crippen molar-refractivity contribution in [2.45, 2.75) is 51.7 Å². The van der Waals surface area contributed by atoms with E-state index in [1.54, 1.807) is 30.9 Å². The van der Waals surface area contributed by atoms with Gasteiger partial charge in [-0.3, -0.25) is 4.79 Å². The quantitative estimate of drug-likeness (QED) is 0.924. The lowest BCUT2D eigenvalue weighted by atomic mass is 9.96. The van der Waals surface area contributed by atoms with Gasteiger partial charge < -0.3 is 10.0 Å². The van der Waals surface area contributed by atoms with Gasteiger partial charge in [-0.1, -0.05) is 6.07 Å². The summed E-state index contributed by atoms with van der Waals surface area (Å²) in [6.45, 7) is 4.17. The molecule has 0 saturated carbocycles. The van der Waals surface area contributed by atoms with Crippen LogP contribution in [0.5, 0.6) is 0 Å². The smallest absolute Gasteiger partial charge is 0.257 e. The molecule has 0 aromatic heterocycles. The highest BCUT2D eigenvalue weighted by molar-refractivity contribution is 5.94. The highest BCUT2D eigenvalue weighted by atomic mass is 19.1. The predicted octanol–water partition coefficient (Wildman–Crippen LogP) is 2.90. The molecular formula is C16H22FNO2. The molecule has 2 rings (SSSR count). The van der Waals surface area contributed by atoms with Crippen LogP contribution in [-0.4, -0.2) is 34.6 Å². The number of rotatable bonds is 3. The predicted molar refractivity (Wildman–Crippen MR) is 76.1 cm³/mol. The number of carbonyl (C=O) groups is 1. The second-order valence-electron chi connectivity index (χ2n) is 5.72. The third-order valence-corrected chi connectivity index (χ3v) is 3.86. The largest absolute Gasteiger partial charge is 0.393 e. The lowest BCUT2D eigenvalue weighted by Gasteiger charge is -2.36. The van der Waals surface area contributed by atoms with Gasteiger partial charge in [-0.25, -0.2) is 4.39 Å². The van der Waals surface area contributed by atoms with Crippen LogP contribution in [0.15, 0.2) is 18.2 Å². The van der Waals surface area contributed by atoms with E-state index < -0.39 is 11.9 Å². The molecule has 1 aromatic carbocycles. The van der Waals surface area contributed by atoms with Gasteiger partial charge in [0.05, 0.1) is 11.7 Å². The van der Waals surface area contributed by atoms with E-state index >= 15 is 0 Å². The molecule has 1 heterocycles. The Morgan fingerprint density at radius 1 is 1.50 bits per heavy atom. The number of aliphatic hydroxyl groups excluding tert-OH is 1. The lowest BCUT2D eigenvalue weighted by Crippen LogP contribution is -2.45. The molecule has 4 heteroatoms. The molecule has 20 heavy (non-hydrogen) atoms. The summed E-state index contributed by atoms with van der Waals surface area (Å²) < 4.78 is 13.9. The molecular weight excluding hydrogens is 257 g/mol. The molecule has 1 aliphatic heterocycles. The van der Waals surface area contributed by atoms with E-state index in [0.717, 1.165) is 24.8 Å². The minimum absolute atomic E-state index is 0.0111. The van der Waals surface area contributed by atoms with E-state index in [9.17, 15) is 14.3 Å². The summed E-state index contributed by atoms with van der Waals surface area (Å²) in [5.41, 5.74) is 0.936. The van der Waals surface area contributed by atoms with Crippen LogP contribution in [0.4, 0.5) is 4.39 Å². The first-order valence-corrected chi connectivity index (χ1v) is 7.24. The number of aryl methyl sites for hydroxylation is 1. The fourth-order valence-electron chi connectivity index (χ4n) is 2.86. The van der Waals surface area contributed by atoms with E-state index in [2.05, 4.69) is 0 Å². The van der Waals surface area contributed by atoms with Crippen LogP contribution in [0.25, 0.3) is 0 Å². The Labute approximate surface area is 119 Å². The monoisotopic (exact) mass is 279 g/mol. The number of likely N-dealkylation sites (tertiary alicyclic amines) is 1. The van der Waals surface area contributed by atoms with Gasteiger partial charge in [0.25, 0.3) is 5.91 Å². The molecule has 1 fully saturated rings. The number of piperidine rings is 1. The average molecular weight is 279 g/mol. The van der Waals surface area contributed by atoms with Crippen LogP contribution in [0, 0.1) is 12.7 Å². The van der Waals surface area contributed by atoms with Crippen molar-refractivity contribution in [2.75, 3.05) is 6.54 Å². The van der Waals surface area contributed by atoms with E-state index in [0.29, 0.717) is 13.0 Å². The normalized spacial score (nSPS) is 20.8. The number of nitrogens with zero attached hydrogens (tertiary/aromatic N) is 1. The molecule has 1 aliphatic rings. The van der Waals surface area contributed by atoms with Crippen molar-refractivity contribution in [3.05, 3.63) is 35.1 Å². The summed E-state index contributed by atoms with van der Waals surface area (Å²) >= 11 is 0. The van der Waals surface area contributed by atoms with E-state index in [4.69, 9.17) is 0 Å². The van der Waals surface area contributed by atoms with Crippen molar-refractivity contribution in [1.29, 1.82) is 0 Å². The number of benzene rings is 1. The number of carbonyl (C=O) groups excluding carboxylic acids is 1. The van der Waals surface area contributed by atoms with Crippen LogP contribution in [0.2, 0.25) is 0 Å². The molecule has 1 aromatic rings. The zero-order chi connectivity index (χ0) is 14.7. The van der Waals surface area contributed by atoms with Gasteiger partial charge in [0, 0.05) is 12.6 Å². The maximum absolute atomic E-state index is 13.9. The van der Waals surface area contributed by atoms with Crippen LogP contribution in [0.1, 0.15) is 48.5 Å². The summed E-state index contributed by atoms with van der Waals surface area (Å²) in [5.74, 6) is -0.718. The summed E-state index contributed by atoms with van der Waals surface area (Å²) in [7, 11) is 0. The number of aliphatic hydroxyl groups is 1. The van der Waals surface area contributed by atoms with Gasteiger partial charge in [0.2, 0.25) is 0 Å². The Morgan fingerprint density at radius 3 is 2.90 bits per heavy atom. The van der Waals surface area contributed by atoms with Crippen LogP contribution in [0.3, 0.4) is 0 Å². The van der Waals surface area contributed by atoms with E-state index in [-0.39, 0.29) is 17.5 Å². The Morgan fingerprint density at radius 2 is 2.25 bits per heavy atom. The van der Waals surface area contributed by atoms with Gasteiger partial charge in [-0.2, -0.15) is 0 Å².